The number of nitrogens with zero attached hydrogens (tertiary/aromatic N) is 3. The number of ether oxygens (including phenoxy) is 2. The summed E-state index contributed by atoms with van der Waals surface area (Å²) in [4.78, 5) is 62.5. The van der Waals surface area contributed by atoms with Gasteiger partial charge in [0.1, 0.15) is 23.7 Å². The van der Waals surface area contributed by atoms with Crippen LogP contribution in [0.2, 0.25) is 0 Å². The topological polar surface area (TPSA) is 176 Å². The van der Waals surface area contributed by atoms with E-state index in [0.717, 1.165) is 49.3 Å². The SMILES string of the molecule is CN(C)S(=O)(=O)NC(=O)[C@@]12C[C@H]1/C=C\CCCCC[C@H](NC(=O)OC1CCCC1)C(=O)N1C[C@H](OCON3CCc4ccccc4C3)C[C@H]1C(=O)N2. The van der Waals surface area contributed by atoms with E-state index in [4.69, 9.17) is 14.3 Å². The smallest absolute Gasteiger partial charge is 0.408 e. The molecule has 5 aliphatic rings. The molecule has 0 bridgehead atoms. The lowest BCUT2D eigenvalue weighted by atomic mass is 10.0. The Bertz CT molecular complexity index is 1620. The minimum atomic E-state index is -4.14. The molecule has 16 heteroatoms. The minimum absolute atomic E-state index is 0.0521. The molecular formula is C36H52N6O9S. The number of carbonyl (C=O) groups is 4. The number of carbonyl (C=O) groups excluding carboxylic acids is 4. The van der Waals surface area contributed by atoms with Crippen molar-refractivity contribution in [2.75, 3.05) is 34.0 Å². The largest absolute Gasteiger partial charge is 0.446 e. The van der Waals surface area contributed by atoms with E-state index < -0.39 is 63.7 Å². The highest BCUT2D eigenvalue weighted by Gasteiger charge is 2.61. The molecule has 1 aromatic carbocycles. The first kappa shape index (κ1) is 38.2. The van der Waals surface area contributed by atoms with Crippen LogP contribution in [0.3, 0.4) is 0 Å². The first-order chi connectivity index (χ1) is 24.9. The normalized spacial score (nSPS) is 29.6. The number of alkyl carbamates (subject to hydrolysis) is 1. The third-order valence-electron chi connectivity index (χ3n) is 10.8. The molecule has 1 saturated heterocycles. The van der Waals surface area contributed by atoms with E-state index in [1.807, 2.05) is 29.3 Å². The summed E-state index contributed by atoms with van der Waals surface area (Å²) in [6.45, 7) is 1.25. The number of nitrogens with one attached hydrogen (secondary N) is 3. The molecule has 0 spiro atoms. The van der Waals surface area contributed by atoms with Crippen LogP contribution in [0, 0.1) is 5.92 Å². The molecule has 52 heavy (non-hydrogen) atoms. The molecule has 15 nitrogen and oxygen atoms in total. The highest BCUT2D eigenvalue weighted by atomic mass is 32.2. The zero-order valence-corrected chi connectivity index (χ0v) is 30.9. The average molecular weight is 745 g/mol. The summed E-state index contributed by atoms with van der Waals surface area (Å²) in [5.74, 6) is -2.33. The number of hydrogen-bond donors (Lipinski definition) is 3. The van der Waals surface area contributed by atoms with Gasteiger partial charge in [0.2, 0.25) is 11.8 Å². The van der Waals surface area contributed by atoms with Gasteiger partial charge in [-0.3, -0.25) is 19.2 Å². The predicted octanol–water partition coefficient (Wildman–Crippen LogP) is 2.28. The number of benzene rings is 1. The Kier molecular flexibility index (Phi) is 12.2. The van der Waals surface area contributed by atoms with Crippen molar-refractivity contribution in [3.8, 4) is 0 Å². The molecule has 3 aliphatic heterocycles. The summed E-state index contributed by atoms with van der Waals surface area (Å²) in [7, 11) is -1.53. The van der Waals surface area contributed by atoms with Crippen LogP contribution < -0.4 is 15.4 Å². The Morgan fingerprint density at radius 3 is 2.54 bits per heavy atom. The van der Waals surface area contributed by atoms with E-state index in [-0.39, 0.29) is 32.3 Å². The Hall–Kier alpha value is -3.57. The summed E-state index contributed by atoms with van der Waals surface area (Å²) in [5.41, 5.74) is 0.945. The summed E-state index contributed by atoms with van der Waals surface area (Å²) < 4.78 is 40.0. The molecule has 0 radical (unpaired) electrons. The van der Waals surface area contributed by atoms with Crippen molar-refractivity contribution in [2.45, 2.75) is 113 Å². The fraction of sp³-hybridized carbons (Fsp3) is 0.667. The summed E-state index contributed by atoms with van der Waals surface area (Å²) in [6.07, 6.45) is 10.3. The lowest BCUT2D eigenvalue weighted by Gasteiger charge is -2.30. The third-order valence-corrected chi connectivity index (χ3v) is 12.3. The lowest BCUT2D eigenvalue weighted by Crippen LogP contribution is -2.58. The number of fused-ring (bicyclic) bond motifs is 3. The van der Waals surface area contributed by atoms with Gasteiger partial charge in [-0.1, -0.05) is 49.3 Å². The van der Waals surface area contributed by atoms with Gasteiger partial charge in [0.25, 0.3) is 5.91 Å². The Morgan fingerprint density at radius 1 is 1.02 bits per heavy atom. The monoisotopic (exact) mass is 744 g/mol. The van der Waals surface area contributed by atoms with Crippen molar-refractivity contribution < 1.29 is 41.9 Å². The second-order valence-corrected chi connectivity index (χ2v) is 16.6. The van der Waals surface area contributed by atoms with Gasteiger partial charge in [-0.05, 0) is 68.9 Å². The van der Waals surface area contributed by atoms with Crippen molar-refractivity contribution in [2.24, 2.45) is 5.92 Å². The van der Waals surface area contributed by atoms with Crippen LogP contribution in [0.1, 0.15) is 81.8 Å². The standard InChI is InChI=1S/C36H52N6O9S/c1-40(2)52(47,48)39-34(45)36-21-27(36)14-6-4-3-5-7-17-30(37-35(46)51-28-15-10-11-16-28)33(44)42-23-29(20-31(42)32(43)38-36)49-24-50-41-19-18-25-12-8-9-13-26(25)22-41/h6,8-9,12-14,27-31H,3-5,7,10-11,15-24H2,1-2H3,(H,37,46)(H,38,43)(H,39,45)/b14-6-/t27-,29-,30+,31+,36-/m1/s1. The maximum Gasteiger partial charge on any atom is 0.408 e. The van der Waals surface area contributed by atoms with Gasteiger partial charge in [0, 0.05) is 46.1 Å². The number of allylic oxidation sites excluding steroid dienone is 1. The highest BCUT2D eigenvalue weighted by molar-refractivity contribution is 7.87. The van der Waals surface area contributed by atoms with Gasteiger partial charge in [0.15, 0.2) is 6.79 Å². The average Bonchev–Trinajstić information content (AvgIpc) is 3.39. The number of hydrogen-bond acceptors (Lipinski definition) is 10. The van der Waals surface area contributed by atoms with E-state index >= 15 is 0 Å². The van der Waals surface area contributed by atoms with Crippen LogP contribution in [0.15, 0.2) is 36.4 Å². The molecule has 2 saturated carbocycles. The molecule has 4 amide bonds. The van der Waals surface area contributed by atoms with Crippen molar-refractivity contribution in [1.82, 2.24) is 29.6 Å². The summed E-state index contributed by atoms with van der Waals surface area (Å²) >= 11 is 0. The Balaban J connectivity index is 1.19. The zero-order chi connectivity index (χ0) is 36.9. The van der Waals surface area contributed by atoms with E-state index in [1.165, 1.54) is 30.1 Å². The molecular weight excluding hydrogens is 692 g/mol. The molecule has 286 valence electrons. The van der Waals surface area contributed by atoms with E-state index in [1.54, 1.807) is 0 Å². The van der Waals surface area contributed by atoms with Crippen LogP contribution in [0.5, 0.6) is 0 Å². The fourth-order valence-corrected chi connectivity index (χ4v) is 8.21. The van der Waals surface area contributed by atoms with E-state index in [9.17, 15) is 27.6 Å². The first-order valence-corrected chi connectivity index (χ1v) is 20.0. The molecule has 3 fully saturated rings. The number of amides is 4. The molecule has 6 rings (SSSR count). The van der Waals surface area contributed by atoms with Crippen molar-refractivity contribution in [3.05, 3.63) is 47.5 Å². The number of rotatable bonds is 9. The zero-order valence-electron chi connectivity index (χ0n) is 30.1. The van der Waals surface area contributed by atoms with Gasteiger partial charge < -0.3 is 25.0 Å². The first-order valence-electron chi connectivity index (χ1n) is 18.5. The summed E-state index contributed by atoms with van der Waals surface area (Å²) in [5, 5.41) is 7.47. The Labute approximate surface area is 305 Å². The molecule has 3 N–H and O–H groups in total. The van der Waals surface area contributed by atoms with Crippen molar-refractivity contribution in [3.63, 3.8) is 0 Å². The maximum absolute atomic E-state index is 14.3. The molecule has 5 atom stereocenters. The Morgan fingerprint density at radius 2 is 1.77 bits per heavy atom. The molecule has 1 aromatic rings. The predicted molar refractivity (Wildman–Crippen MR) is 189 cm³/mol. The highest BCUT2D eigenvalue weighted by Crippen LogP contribution is 2.45. The van der Waals surface area contributed by atoms with Crippen molar-refractivity contribution in [1.29, 1.82) is 0 Å². The molecule has 0 unspecified atom stereocenters. The summed E-state index contributed by atoms with van der Waals surface area (Å²) in [6, 6.07) is 6.19. The third kappa shape index (κ3) is 9.13. The molecule has 2 aliphatic carbocycles. The van der Waals surface area contributed by atoms with Gasteiger partial charge in [-0.2, -0.15) is 17.8 Å². The van der Waals surface area contributed by atoms with Gasteiger partial charge in [-0.25, -0.2) is 9.52 Å². The molecule has 3 heterocycles. The van der Waals surface area contributed by atoms with Crippen LogP contribution in [-0.4, -0.2) is 110 Å². The van der Waals surface area contributed by atoms with E-state index in [0.29, 0.717) is 32.4 Å². The fourth-order valence-electron chi connectivity index (χ4n) is 7.62. The van der Waals surface area contributed by atoms with Gasteiger partial charge >= 0.3 is 16.3 Å². The maximum atomic E-state index is 14.3. The van der Waals surface area contributed by atoms with Crippen LogP contribution in [-0.2, 0) is 51.9 Å². The lowest BCUT2D eigenvalue weighted by molar-refractivity contribution is -0.241. The quantitative estimate of drug-likeness (QED) is 0.251. The number of hydroxylamine groups is 2. The second kappa shape index (κ2) is 16.6. The van der Waals surface area contributed by atoms with Crippen molar-refractivity contribution >= 4 is 34.0 Å². The minimum Gasteiger partial charge on any atom is -0.446 e. The second-order valence-electron chi connectivity index (χ2n) is 14.7. The van der Waals surface area contributed by atoms with Gasteiger partial charge in [0.05, 0.1) is 6.10 Å². The molecule has 0 aromatic heterocycles. The van der Waals surface area contributed by atoms with Crippen LogP contribution >= 0.6 is 0 Å². The van der Waals surface area contributed by atoms with Gasteiger partial charge in [-0.15, -0.1) is 0 Å². The van der Waals surface area contributed by atoms with Crippen LogP contribution in [0.25, 0.3) is 0 Å². The van der Waals surface area contributed by atoms with Crippen LogP contribution in [0.4, 0.5) is 4.79 Å². The van der Waals surface area contributed by atoms with E-state index in [2.05, 4.69) is 27.5 Å².